The monoisotopic (exact) mass is 476 g/mol. The fourth-order valence-corrected chi connectivity index (χ4v) is 4.78. The Labute approximate surface area is 210 Å². The predicted octanol–water partition coefficient (Wildman–Crippen LogP) is 6.40. The van der Waals surface area contributed by atoms with Crippen LogP contribution in [0.15, 0.2) is 84.9 Å². The Morgan fingerprint density at radius 1 is 0.944 bits per heavy atom. The van der Waals surface area contributed by atoms with Gasteiger partial charge < -0.3 is 14.4 Å². The van der Waals surface area contributed by atoms with E-state index in [1.54, 1.807) is 0 Å². The highest BCUT2D eigenvalue weighted by Crippen LogP contribution is 2.36. The van der Waals surface area contributed by atoms with E-state index in [0.717, 1.165) is 57.8 Å². The van der Waals surface area contributed by atoms with Crippen LogP contribution in [0.4, 0.5) is 11.5 Å². The van der Waals surface area contributed by atoms with E-state index >= 15 is 0 Å². The number of para-hydroxylation sites is 1. The molecule has 0 unspecified atom stereocenters. The van der Waals surface area contributed by atoms with Crippen LogP contribution in [0.25, 0.3) is 16.9 Å². The minimum Gasteiger partial charge on any atom is -0.489 e. The van der Waals surface area contributed by atoms with Gasteiger partial charge in [0.2, 0.25) is 11.8 Å². The molecule has 0 bridgehead atoms. The lowest BCUT2D eigenvalue weighted by Gasteiger charge is -2.26. The van der Waals surface area contributed by atoms with Crippen LogP contribution in [-0.4, -0.2) is 28.2 Å². The highest BCUT2D eigenvalue weighted by atomic mass is 16.5. The molecule has 180 valence electrons. The zero-order chi connectivity index (χ0) is 24.5. The van der Waals surface area contributed by atoms with Gasteiger partial charge >= 0.3 is 0 Å². The molecule has 0 fully saturated rings. The van der Waals surface area contributed by atoms with Gasteiger partial charge in [-0.25, -0.2) is 0 Å². The summed E-state index contributed by atoms with van der Waals surface area (Å²) in [6.45, 7) is 3.27. The van der Waals surface area contributed by atoms with Crippen LogP contribution in [0.5, 0.6) is 11.6 Å². The summed E-state index contributed by atoms with van der Waals surface area (Å²) in [4.78, 5) is 12.1. The number of hydrogen-bond acceptors (Lipinski definition) is 5. The van der Waals surface area contributed by atoms with Gasteiger partial charge in [-0.2, -0.15) is 9.97 Å². The summed E-state index contributed by atoms with van der Waals surface area (Å²) >= 11 is 0. The summed E-state index contributed by atoms with van der Waals surface area (Å²) in [5.41, 5.74) is 5.33. The van der Waals surface area contributed by atoms with E-state index in [9.17, 15) is 0 Å². The van der Waals surface area contributed by atoms with Crippen molar-refractivity contribution in [1.82, 2.24) is 14.5 Å². The maximum absolute atomic E-state index is 6.09. The van der Waals surface area contributed by atoms with Crippen LogP contribution in [0.1, 0.15) is 23.2 Å². The van der Waals surface area contributed by atoms with Gasteiger partial charge in [0, 0.05) is 29.9 Å². The second-order valence-corrected chi connectivity index (χ2v) is 9.09. The number of nitrogens with zero attached hydrogens (tertiary/aromatic N) is 4. The first kappa shape index (κ1) is 22.2. The molecule has 0 atom stereocenters. The zero-order valence-corrected chi connectivity index (χ0v) is 20.5. The highest BCUT2D eigenvalue weighted by Gasteiger charge is 2.24. The summed E-state index contributed by atoms with van der Waals surface area (Å²) in [6, 6.07) is 28.8. The summed E-state index contributed by atoms with van der Waals surface area (Å²) in [5, 5.41) is 1.16. The summed E-state index contributed by atoms with van der Waals surface area (Å²) in [5.74, 6) is 2.95. The Balaban J connectivity index is 1.38. The lowest BCUT2D eigenvalue weighted by Crippen LogP contribution is -2.20. The standard InChI is InChI=1S/C30H28N4O2/c1-21-18-23-12-6-7-16-27(23)34(21)30-31-28(26-15-9-17-35-29(26)32-30)33(2)24-13-8-14-25(19-24)36-20-22-10-4-3-5-11-22/h3-8,10-14,16,18-19H,9,15,17,20H2,1-2H3. The maximum Gasteiger partial charge on any atom is 0.239 e. The van der Waals surface area contributed by atoms with Gasteiger partial charge in [-0.1, -0.05) is 54.6 Å². The SMILES string of the molecule is Cc1cc2ccccc2n1-c1nc2c(c(N(C)c3cccc(OCc4ccccc4)c3)n1)CCCO2. The molecule has 6 nitrogen and oxygen atoms in total. The Morgan fingerprint density at radius 3 is 2.67 bits per heavy atom. The van der Waals surface area contributed by atoms with Crippen molar-refractivity contribution >= 4 is 22.4 Å². The van der Waals surface area contributed by atoms with Gasteiger partial charge in [0.05, 0.1) is 17.7 Å². The Morgan fingerprint density at radius 2 is 1.78 bits per heavy atom. The van der Waals surface area contributed by atoms with Crippen molar-refractivity contribution in [2.24, 2.45) is 0 Å². The van der Waals surface area contributed by atoms with Crippen molar-refractivity contribution in [1.29, 1.82) is 0 Å². The van der Waals surface area contributed by atoms with Crippen molar-refractivity contribution in [2.45, 2.75) is 26.4 Å². The molecule has 3 heterocycles. The molecule has 0 radical (unpaired) electrons. The second kappa shape index (κ2) is 9.38. The fraction of sp³-hybridized carbons (Fsp3) is 0.200. The molecule has 0 N–H and O–H groups in total. The number of hydrogen-bond donors (Lipinski definition) is 0. The molecule has 6 rings (SSSR count). The van der Waals surface area contributed by atoms with Gasteiger partial charge in [0.25, 0.3) is 0 Å². The number of aromatic nitrogens is 3. The summed E-state index contributed by atoms with van der Waals surface area (Å²) in [7, 11) is 2.04. The van der Waals surface area contributed by atoms with E-state index in [2.05, 4.69) is 64.9 Å². The van der Waals surface area contributed by atoms with Crippen LogP contribution in [0.3, 0.4) is 0 Å². The lowest BCUT2D eigenvalue weighted by molar-refractivity contribution is 0.275. The van der Waals surface area contributed by atoms with Gasteiger partial charge in [-0.3, -0.25) is 4.57 Å². The molecule has 3 aromatic carbocycles. The molecule has 0 spiro atoms. The largest absolute Gasteiger partial charge is 0.489 e. The number of rotatable bonds is 6. The van der Waals surface area contributed by atoms with Crippen molar-refractivity contribution in [3.63, 3.8) is 0 Å². The van der Waals surface area contributed by atoms with E-state index in [1.165, 1.54) is 0 Å². The zero-order valence-electron chi connectivity index (χ0n) is 20.5. The molecule has 5 aromatic rings. The molecule has 0 amide bonds. The maximum atomic E-state index is 6.09. The number of aryl methyl sites for hydroxylation is 1. The molecular formula is C30H28N4O2. The third kappa shape index (κ3) is 4.15. The van der Waals surface area contributed by atoms with Crippen LogP contribution in [-0.2, 0) is 13.0 Å². The van der Waals surface area contributed by atoms with Gasteiger partial charge in [0.15, 0.2) is 0 Å². The van der Waals surface area contributed by atoms with Crippen molar-refractivity contribution < 1.29 is 9.47 Å². The number of fused-ring (bicyclic) bond motifs is 2. The average Bonchev–Trinajstić information content (AvgIpc) is 3.27. The van der Waals surface area contributed by atoms with Crippen LogP contribution in [0, 0.1) is 6.92 Å². The van der Waals surface area contributed by atoms with E-state index in [0.29, 0.717) is 25.0 Å². The van der Waals surface area contributed by atoms with Gasteiger partial charge in [0.1, 0.15) is 18.2 Å². The molecule has 6 heteroatoms. The molecule has 36 heavy (non-hydrogen) atoms. The smallest absolute Gasteiger partial charge is 0.239 e. The van der Waals surface area contributed by atoms with Crippen LogP contribution in [0.2, 0.25) is 0 Å². The topological polar surface area (TPSA) is 52.4 Å². The molecular weight excluding hydrogens is 448 g/mol. The van der Waals surface area contributed by atoms with Crippen molar-refractivity contribution in [3.8, 4) is 17.6 Å². The molecule has 1 aliphatic heterocycles. The third-order valence-electron chi connectivity index (χ3n) is 6.61. The van der Waals surface area contributed by atoms with E-state index < -0.39 is 0 Å². The molecule has 0 saturated heterocycles. The Bertz CT molecular complexity index is 1530. The van der Waals surface area contributed by atoms with Crippen LogP contribution < -0.4 is 14.4 Å². The van der Waals surface area contributed by atoms with E-state index in [1.807, 2.05) is 43.4 Å². The number of ether oxygens (including phenoxy) is 2. The van der Waals surface area contributed by atoms with Crippen LogP contribution >= 0.6 is 0 Å². The lowest BCUT2D eigenvalue weighted by atomic mass is 10.1. The predicted molar refractivity (Wildman–Crippen MR) is 143 cm³/mol. The molecule has 1 aliphatic rings. The molecule has 0 aliphatic carbocycles. The average molecular weight is 477 g/mol. The first-order valence-corrected chi connectivity index (χ1v) is 12.3. The fourth-order valence-electron chi connectivity index (χ4n) is 4.78. The van der Waals surface area contributed by atoms with E-state index in [4.69, 9.17) is 19.4 Å². The highest BCUT2D eigenvalue weighted by molar-refractivity contribution is 5.83. The Kier molecular flexibility index (Phi) is 5.77. The summed E-state index contributed by atoms with van der Waals surface area (Å²) in [6.07, 6.45) is 1.83. The first-order chi connectivity index (χ1) is 17.7. The third-order valence-corrected chi connectivity index (χ3v) is 6.61. The van der Waals surface area contributed by atoms with E-state index in [-0.39, 0.29) is 0 Å². The number of benzene rings is 3. The van der Waals surface area contributed by atoms with Gasteiger partial charge in [-0.15, -0.1) is 0 Å². The van der Waals surface area contributed by atoms with Gasteiger partial charge in [-0.05, 0) is 49.6 Å². The first-order valence-electron chi connectivity index (χ1n) is 12.3. The quantitative estimate of drug-likeness (QED) is 0.284. The molecule has 0 saturated carbocycles. The normalized spacial score (nSPS) is 12.7. The summed E-state index contributed by atoms with van der Waals surface area (Å²) < 4.78 is 14.2. The van der Waals surface area contributed by atoms with Crippen molar-refractivity contribution in [2.75, 3.05) is 18.6 Å². The second-order valence-electron chi connectivity index (χ2n) is 9.09. The van der Waals surface area contributed by atoms with Crippen molar-refractivity contribution in [3.05, 3.63) is 102 Å². The Hall–Kier alpha value is -4.32. The minimum absolute atomic E-state index is 0.523. The number of anilines is 2. The minimum atomic E-state index is 0.523. The molecule has 2 aromatic heterocycles.